The maximum absolute atomic E-state index is 9.62. The minimum absolute atomic E-state index is 0.298. The highest BCUT2D eigenvalue weighted by atomic mass is 16.5. The fourth-order valence-electron chi connectivity index (χ4n) is 1.43. The van der Waals surface area contributed by atoms with E-state index in [0.717, 1.165) is 11.3 Å². The van der Waals surface area contributed by atoms with Crippen LogP contribution in [0.4, 0.5) is 0 Å². The van der Waals surface area contributed by atoms with Gasteiger partial charge in [0, 0.05) is 13.1 Å². The zero-order chi connectivity index (χ0) is 12.0. The topological polar surface area (TPSA) is 58.7 Å². The van der Waals surface area contributed by atoms with Crippen LogP contribution in [0.3, 0.4) is 0 Å². The Kier molecular flexibility index (Phi) is 5.25. The molecule has 0 aliphatic carbocycles. The quantitative estimate of drug-likeness (QED) is 0.736. The SMILES string of the molecule is CN(C)CC(O)COc1cccc(CN)c1. The molecule has 1 rings (SSSR count). The summed E-state index contributed by atoms with van der Waals surface area (Å²) in [5.74, 6) is 0.751. The van der Waals surface area contributed by atoms with E-state index in [1.807, 2.05) is 43.3 Å². The zero-order valence-electron chi connectivity index (χ0n) is 9.89. The Balaban J connectivity index is 2.41. The van der Waals surface area contributed by atoms with E-state index < -0.39 is 6.10 Å². The first-order chi connectivity index (χ1) is 7.61. The van der Waals surface area contributed by atoms with Crippen LogP contribution in [0.25, 0.3) is 0 Å². The number of nitrogens with zero attached hydrogens (tertiary/aromatic N) is 1. The minimum Gasteiger partial charge on any atom is -0.491 e. The predicted octanol–water partition coefficient (Wildman–Crippen LogP) is 0.447. The van der Waals surface area contributed by atoms with E-state index in [-0.39, 0.29) is 0 Å². The second-order valence-electron chi connectivity index (χ2n) is 4.08. The van der Waals surface area contributed by atoms with Crippen LogP contribution in [0.2, 0.25) is 0 Å². The van der Waals surface area contributed by atoms with Crippen molar-refractivity contribution in [2.75, 3.05) is 27.2 Å². The first kappa shape index (κ1) is 13.0. The smallest absolute Gasteiger partial charge is 0.119 e. The molecule has 0 spiro atoms. The lowest BCUT2D eigenvalue weighted by Crippen LogP contribution is -2.30. The van der Waals surface area contributed by atoms with Crippen molar-refractivity contribution in [2.24, 2.45) is 5.73 Å². The van der Waals surface area contributed by atoms with Gasteiger partial charge in [0.1, 0.15) is 18.5 Å². The maximum Gasteiger partial charge on any atom is 0.119 e. The summed E-state index contributed by atoms with van der Waals surface area (Å²) < 4.78 is 5.48. The van der Waals surface area contributed by atoms with Gasteiger partial charge in [0.25, 0.3) is 0 Å². The summed E-state index contributed by atoms with van der Waals surface area (Å²) in [4.78, 5) is 1.92. The van der Waals surface area contributed by atoms with Crippen molar-refractivity contribution in [3.63, 3.8) is 0 Å². The molecule has 1 atom stereocenters. The molecule has 4 nitrogen and oxygen atoms in total. The molecule has 0 saturated heterocycles. The lowest BCUT2D eigenvalue weighted by Gasteiger charge is -2.16. The molecule has 0 saturated carbocycles. The number of benzene rings is 1. The number of hydrogen-bond donors (Lipinski definition) is 2. The fourth-order valence-corrected chi connectivity index (χ4v) is 1.43. The molecule has 0 radical (unpaired) electrons. The van der Waals surface area contributed by atoms with Crippen LogP contribution in [0.15, 0.2) is 24.3 Å². The van der Waals surface area contributed by atoms with Crippen molar-refractivity contribution in [3.8, 4) is 5.75 Å². The molecule has 90 valence electrons. The molecular formula is C12H20N2O2. The van der Waals surface area contributed by atoms with E-state index in [0.29, 0.717) is 19.7 Å². The highest BCUT2D eigenvalue weighted by Crippen LogP contribution is 2.13. The lowest BCUT2D eigenvalue weighted by atomic mass is 10.2. The van der Waals surface area contributed by atoms with E-state index in [9.17, 15) is 5.11 Å². The van der Waals surface area contributed by atoms with Gasteiger partial charge in [-0.15, -0.1) is 0 Å². The summed E-state index contributed by atoms with van der Waals surface area (Å²) in [6, 6.07) is 7.60. The number of aliphatic hydroxyl groups excluding tert-OH is 1. The Labute approximate surface area is 96.6 Å². The second-order valence-corrected chi connectivity index (χ2v) is 4.08. The molecule has 0 aliphatic rings. The summed E-state index contributed by atoms with van der Waals surface area (Å²) in [6.45, 7) is 1.39. The number of hydrogen-bond acceptors (Lipinski definition) is 4. The first-order valence-electron chi connectivity index (χ1n) is 5.36. The van der Waals surface area contributed by atoms with Crippen molar-refractivity contribution in [1.29, 1.82) is 0 Å². The molecule has 0 bridgehead atoms. The molecule has 3 N–H and O–H groups in total. The molecule has 16 heavy (non-hydrogen) atoms. The molecule has 4 heteroatoms. The average Bonchev–Trinajstić information content (AvgIpc) is 2.26. The summed E-state index contributed by atoms with van der Waals surface area (Å²) in [5, 5.41) is 9.62. The number of rotatable bonds is 6. The molecule has 1 aromatic carbocycles. The summed E-state index contributed by atoms with van der Waals surface area (Å²) in [5.41, 5.74) is 6.56. The Morgan fingerprint density at radius 2 is 2.19 bits per heavy atom. The normalized spacial score (nSPS) is 12.8. The zero-order valence-corrected chi connectivity index (χ0v) is 9.89. The van der Waals surface area contributed by atoms with Gasteiger partial charge < -0.3 is 20.5 Å². The molecule has 1 unspecified atom stereocenters. The molecule has 0 aromatic heterocycles. The van der Waals surface area contributed by atoms with Crippen LogP contribution in [-0.4, -0.2) is 43.4 Å². The average molecular weight is 224 g/mol. The molecule has 0 heterocycles. The van der Waals surface area contributed by atoms with Crippen molar-refractivity contribution < 1.29 is 9.84 Å². The number of aliphatic hydroxyl groups is 1. The van der Waals surface area contributed by atoms with Gasteiger partial charge in [-0.2, -0.15) is 0 Å². The largest absolute Gasteiger partial charge is 0.491 e. The van der Waals surface area contributed by atoms with Crippen molar-refractivity contribution >= 4 is 0 Å². The van der Waals surface area contributed by atoms with E-state index in [1.54, 1.807) is 0 Å². The monoisotopic (exact) mass is 224 g/mol. The van der Waals surface area contributed by atoms with Crippen LogP contribution >= 0.6 is 0 Å². The van der Waals surface area contributed by atoms with Gasteiger partial charge in [-0.05, 0) is 31.8 Å². The van der Waals surface area contributed by atoms with E-state index in [4.69, 9.17) is 10.5 Å². The minimum atomic E-state index is -0.475. The van der Waals surface area contributed by atoms with Gasteiger partial charge in [-0.1, -0.05) is 12.1 Å². The second kappa shape index (κ2) is 6.48. The van der Waals surface area contributed by atoms with Gasteiger partial charge in [-0.3, -0.25) is 0 Å². The van der Waals surface area contributed by atoms with Crippen molar-refractivity contribution in [2.45, 2.75) is 12.6 Å². The van der Waals surface area contributed by atoms with Gasteiger partial charge >= 0.3 is 0 Å². The number of nitrogens with two attached hydrogens (primary N) is 1. The van der Waals surface area contributed by atoms with Crippen LogP contribution in [-0.2, 0) is 6.54 Å². The Morgan fingerprint density at radius 3 is 2.81 bits per heavy atom. The van der Waals surface area contributed by atoms with E-state index in [2.05, 4.69) is 0 Å². The molecule has 0 amide bonds. The van der Waals surface area contributed by atoms with Crippen molar-refractivity contribution in [1.82, 2.24) is 4.90 Å². The van der Waals surface area contributed by atoms with E-state index in [1.165, 1.54) is 0 Å². The van der Waals surface area contributed by atoms with Gasteiger partial charge in [-0.25, -0.2) is 0 Å². The highest BCUT2D eigenvalue weighted by Gasteiger charge is 2.06. The predicted molar refractivity (Wildman–Crippen MR) is 64.4 cm³/mol. The standard InChI is InChI=1S/C12H20N2O2/c1-14(2)8-11(15)9-16-12-5-3-4-10(6-12)7-13/h3-6,11,15H,7-9,13H2,1-2H3. The van der Waals surface area contributed by atoms with Crippen molar-refractivity contribution in [3.05, 3.63) is 29.8 Å². The summed E-state index contributed by atoms with van der Waals surface area (Å²) >= 11 is 0. The first-order valence-corrected chi connectivity index (χ1v) is 5.36. The van der Waals surface area contributed by atoms with Crippen LogP contribution in [0, 0.1) is 0 Å². The van der Waals surface area contributed by atoms with Crippen LogP contribution in [0.5, 0.6) is 5.75 Å². The number of likely N-dealkylation sites (N-methyl/N-ethyl adjacent to an activating group) is 1. The number of ether oxygens (including phenoxy) is 1. The van der Waals surface area contributed by atoms with Gasteiger partial charge in [0.15, 0.2) is 0 Å². The van der Waals surface area contributed by atoms with Gasteiger partial charge in [0.2, 0.25) is 0 Å². The summed E-state index contributed by atoms with van der Waals surface area (Å²) in [6.07, 6.45) is -0.475. The Morgan fingerprint density at radius 1 is 1.44 bits per heavy atom. The summed E-state index contributed by atoms with van der Waals surface area (Å²) in [7, 11) is 3.83. The van der Waals surface area contributed by atoms with Crippen LogP contribution < -0.4 is 10.5 Å². The maximum atomic E-state index is 9.62. The molecular weight excluding hydrogens is 204 g/mol. The third-order valence-corrected chi connectivity index (χ3v) is 2.15. The van der Waals surface area contributed by atoms with Gasteiger partial charge in [0.05, 0.1) is 0 Å². The third kappa shape index (κ3) is 4.61. The molecule has 0 fully saturated rings. The molecule has 0 aliphatic heterocycles. The Hall–Kier alpha value is -1.10. The molecule has 1 aromatic rings. The highest BCUT2D eigenvalue weighted by molar-refractivity contribution is 5.28. The lowest BCUT2D eigenvalue weighted by molar-refractivity contribution is 0.0831. The third-order valence-electron chi connectivity index (χ3n) is 2.15. The van der Waals surface area contributed by atoms with E-state index >= 15 is 0 Å². The Bertz CT molecular complexity index is 316. The van der Waals surface area contributed by atoms with Crippen LogP contribution in [0.1, 0.15) is 5.56 Å². The fraction of sp³-hybridized carbons (Fsp3) is 0.500.